The number of carbonyl (C=O) groups is 3. The van der Waals surface area contributed by atoms with Crippen molar-refractivity contribution in [3.8, 4) is 0 Å². The summed E-state index contributed by atoms with van der Waals surface area (Å²) >= 11 is 0. The van der Waals surface area contributed by atoms with Crippen LogP contribution in [0.15, 0.2) is 11.6 Å². The summed E-state index contributed by atoms with van der Waals surface area (Å²) in [4.78, 5) is 39.2. The lowest BCUT2D eigenvalue weighted by molar-refractivity contribution is -0.203. The van der Waals surface area contributed by atoms with E-state index in [1.54, 1.807) is 0 Å². The van der Waals surface area contributed by atoms with Crippen LogP contribution >= 0.6 is 0 Å². The number of aliphatic hydroxyl groups excluding tert-OH is 1. The SMILES string of the molecule is COC(=O)C[C@H](NC(=O)[C@]12CCC(C)(C)C[C@H]1C1=CC[C@@H]3[C@@]4(C)CC[C@H](O)C(C)(C)[C@@H]4CC[C@@]3(C)[C@]1(C)CC2)C(=O)OC. The molecule has 0 radical (unpaired) electrons. The van der Waals surface area contributed by atoms with Crippen LogP contribution in [0.4, 0.5) is 0 Å². The van der Waals surface area contributed by atoms with Crippen molar-refractivity contribution in [2.24, 2.45) is 50.2 Å². The Labute approximate surface area is 259 Å². The largest absolute Gasteiger partial charge is 0.469 e. The lowest BCUT2D eigenvalue weighted by atomic mass is 9.33. The van der Waals surface area contributed by atoms with Crippen molar-refractivity contribution in [1.82, 2.24) is 5.32 Å². The molecule has 0 bridgehead atoms. The number of carbonyl (C=O) groups excluding carboxylic acids is 3. The van der Waals surface area contributed by atoms with Crippen molar-refractivity contribution in [3.63, 3.8) is 0 Å². The van der Waals surface area contributed by atoms with E-state index in [2.05, 4.69) is 59.9 Å². The van der Waals surface area contributed by atoms with Crippen molar-refractivity contribution in [3.05, 3.63) is 11.6 Å². The van der Waals surface area contributed by atoms with Crippen molar-refractivity contribution in [1.29, 1.82) is 0 Å². The number of hydrogen-bond donors (Lipinski definition) is 2. The van der Waals surface area contributed by atoms with Crippen LogP contribution in [0.25, 0.3) is 0 Å². The van der Waals surface area contributed by atoms with Crippen LogP contribution in [-0.2, 0) is 23.9 Å². The predicted molar refractivity (Wildman–Crippen MR) is 166 cm³/mol. The molecule has 4 fully saturated rings. The van der Waals surface area contributed by atoms with Crippen LogP contribution in [-0.4, -0.2) is 49.3 Å². The molecule has 7 heteroatoms. The normalized spacial score (nSPS) is 43.3. The number of methoxy groups -OCH3 is 2. The average Bonchev–Trinajstić information content (AvgIpc) is 2.94. The lowest BCUT2D eigenvalue weighted by Crippen LogP contribution is -2.65. The monoisotopic (exact) mass is 599 g/mol. The Morgan fingerprint density at radius 2 is 1.58 bits per heavy atom. The Kier molecular flexibility index (Phi) is 8.01. The van der Waals surface area contributed by atoms with Gasteiger partial charge in [-0.05, 0) is 109 Å². The van der Waals surface area contributed by atoms with Gasteiger partial charge in [0.15, 0.2) is 0 Å². The Bertz CT molecular complexity index is 1190. The number of aliphatic hydroxyl groups is 1. The van der Waals surface area contributed by atoms with E-state index < -0.39 is 23.4 Å². The highest BCUT2D eigenvalue weighted by molar-refractivity contribution is 5.91. The van der Waals surface area contributed by atoms with Gasteiger partial charge in [0.05, 0.1) is 32.2 Å². The van der Waals surface area contributed by atoms with Gasteiger partial charge in [0.1, 0.15) is 6.04 Å². The van der Waals surface area contributed by atoms with E-state index in [9.17, 15) is 19.5 Å². The van der Waals surface area contributed by atoms with E-state index in [-0.39, 0.29) is 51.4 Å². The first-order chi connectivity index (χ1) is 19.9. The number of nitrogens with one attached hydrogen (secondary N) is 1. The molecule has 0 saturated heterocycles. The van der Waals surface area contributed by atoms with Crippen LogP contribution in [0.5, 0.6) is 0 Å². The first kappa shape index (κ1) is 32.5. The summed E-state index contributed by atoms with van der Waals surface area (Å²) in [7, 11) is 2.56. The summed E-state index contributed by atoms with van der Waals surface area (Å²) in [5, 5.41) is 14.0. The van der Waals surface area contributed by atoms with Crippen molar-refractivity contribution >= 4 is 17.8 Å². The fraction of sp³-hybridized carbons (Fsp3) is 0.861. The van der Waals surface area contributed by atoms with Crippen LogP contribution in [0, 0.1) is 50.2 Å². The van der Waals surface area contributed by atoms with E-state index in [0.717, 1.165) is 64.2 Å². The van der Waals surface area contributed by atoms with Crippen LogP contribution in [0.2, 0.25) is 0 Å². The Hall–Kier alpha value is -1.89. The highest BCUT2D eigenvalue weighted by atomic mass is 16.5. The van der Waals surface area contributed by atoms with Crippen LogP contribution in [0.3, 0.4) is 0 Å². The molecule has 0 aromatic rings. The van der Waals surface area contributed by atoms with Gasteiger partial charge in [-0.1, -0.05) is 60.1 Å². The first-order valence-electron chi connectivity index (χ1n) is 16.8. The van der Waals surface area contributed by atoms with Gasteiger partial charge in [-0.2, -0.15) is 0 Å². The highest BCUT2D eigenvalue weighted by Crippen LogP contribution is 2.75. The minimum absolute atomic E-state index is 0.0280. The molecule has 4 saturated carbocycles. The zero-order valence-electron chi connectivity index (χ0n) is 28.2. The fourth-order valence-corrected chi connectivity index (χ4v) is 11.5. The lowest BCUT2D eigenvalue weighted by Gasteiger charge is -2.71. The zero-order valence-corrected chi connectivity index (χ0v) is 28.2. The fourth-order valence-electron chi connectivity index (χ4n) is 11.5. The molecule has 0 aromatic carbocycles. The molecular weight excluding hydrogens is 542 g/mol. The summed E-state index contributed by atoms with van der Waals surface area (Å²) in [6.45, 7) is 16.8. The minimum atomic E-state index is -1.06. The minimum Gasteiger partial charge on any atom is -0.469 e. The molecule has 43 heavy (non-hydrogen) atoms. The summed E-state index contributed by atoms with van der Waals surface area (Å²) < 4.78 is 9.80. The number of esters is 2. The van der Waals surface area contributed by atoms with E-state index in [4.69, 9.17) is 9.47 Å². The van der Waals surface area contributed by atoms with E-state index in [1.807, 2.05) is 0 Å². The van der Waals surface area contributed by atoms with Gasteiger partial charge in [-0.25, -0.2) is 4.79 Å². The summed E-state index contributed by atoms with van der Waals surface area (Å²) in [6.07, 6.45) is 11.6. The average molecular weight is 600 g/mol. The van der Waals surface area contributed by atoms with E-state index >= 15 is 0 Å². The second-order valence-corrected chi connectivity index (χ2v) is 17.1. The summed E-state index contributed by atoms with van der Waals surface area (Å²) in [6, 6.07) is -1.06. The molecule has 0 aliphatic heterocycles. The first-order valence-corrected chi connectivity index (χ1v) is 16.8. The number of hydrogen-bond acceptors (Lipinski definition) is 6. The maximum absolute atomic E-state index is 14.4. The maximum atomic E-state index is 14.4. The van der Waals surface area contributed by atoms with Gasteiger partial charge < -0.3 is 19.9 Å². The number of ether oxygens (including phenoxy) is 2. The number of rotatable bonds is 5. The third-order valence-corrected chi connectivity index (χ3v) is 14.5. The van der Waals surface area contributed by atoms with E-state index in [1.165, 1.54) is 19.8 Å². The van der Waals surface area contributed by atoms with Gasteiger partial charge in [0, 0.05) is 0 Å². The molecule has 242 valence electrons. The van der Waals surface area contributed by atoms with Crippen molar-refractivity contribution in [2.75, 3.05) is 14.2 Å². The third kappa shape index (κ3) is 4.72. The van der Waals surface area contributed by atoms with Crippen LogP contribution < -0.4 is 5.32 Å². The third-order valence-electron chi connectivity index (χ3n) is 14.5. The van der Waals surface area contributed by atoms with Crippen LogP contribution in [0.1, 0.15) is 119 Å². The molecule has 5 aliphatic rings. The van der Waals surface area contributed by atoms with Gasteiger partial charge >= 0.3 is 11.9 Å². The summed E-state index contributed by atoms with van der Waals surface area (Å²) in [5.74, 6) is -0.197. The number of fused-ring (bicyclic) bond motifs is 7. The number of allylic oxidation sites excluding steroid dienone is 2. The Balaban J connectivity index is 1.53. The molecule has 0 unspecified atom stereocenters. The second kappa shape index (κ2) is 10.6. The molecule has 2 N–H and O–H groups in total. The second-order valence-electron chi connectivity index (χ2n) is 17.1. The Morgan fingerprint density at radius 1 is 0.907 bits per heavy atom. The molecule has 5 rings (SSSR count). The molecule has 5 aliphatic carbocycles. The molecule has 0 spiro atoms. The molecule has 1 amide bonds. The quantitative estimate of drug-likeness (QED) is 0.281. The molecule has 7 nitrogen and oxygen atoms in total. The van der Waals surface area contributed by atoms with E-state index in [0.29, 0.717) is 11.8 Å². The maximum Gasteiger partial charge on any atom is 0.328 e. The van der Waals surface area contributed by atoms with Gasteiger partial charge in [-0.15, -0.1) is 0 Å². The van der Waals surface area contributed by atoms with Crippen molar-refractivity contribution in [2.45, 2.75) is 131 Å². The zero-order chi connectivity index (χ0) is 31.8. The predicted octanol–water partition coefficient (Wildman–Crippen LogP) is 6.37. The van der Waals surface area contributed by atoms with Crippen molar-refractivity contribution < 1.29 is 29.0 Å². The van der Waals surface area contributed by atoms with Gasteiger partial charge in [0.25, 0.3) is 0 Å². The summed E-state index contributed by atoms with van der Waals surface area (Å²) in [5.41, 5.74) is 1.09. The topological polar surface area (TPSA) is 102 Å². The van der Waals surface area contributed by atoms with Gasteiger partial charge in [-0.3, -0.25) is 9.59 Å². The number of amides is 1. The molecule has 9 atom stereocenters. The molecule has 0 heterocycles. The molecule has 0 aromatic heterocycles. The molecular formula is C36H57NO6. The standard InChI is InChI=1S/C36H57NO6/c1-31(2)16-18-36(30(41)37-24(29(40)43-9)20-28(39)42-8)19-17-34(6)22(23(36)21-31)10-11-26-33(5)14-13-27(38)32(3,4)25(33)12-15-35(26,34)7/h10,23-27,38H,11-21H2,1-9H3,(H,37,41)/t23-,24-,25-,26+,27-,33-,34+,35+,36-/m0/s1. The Morgan fingerprint density at radius 3 is 2.23 bits per heavy atom. The highest BCUT2D eigenvalue weighted by Gasteiger charge is 2.69. The van der Waals surface area contributed by atoms with Gasteiger partial charge in [0.2, 0.25) is 5.91 Å². The smallest absolute Gasteiger partial charge is 0.328 e.